The van der Waals surface area contributed by atoms with E-state index in [0.29, 0.717) is 53.3 Å². The summed E-state index contributed by atoms with van der Waals surface area (Å²) in [6, 6.07) is 17.9. The lowest BCUT2D eigenvalue weighted by Gasteiger charge is -2.26. The van der Waals surface area contributed by atoms with E-state index in [0.717, 1.165) is 24.3 Å². The number of hydrogen-bond acceptors (Lipinski definition) is 8. The molecule has 0 saturated heterocycles. The number of nitrogens with zero attached hydrogens (tertiary/aromatic N) is 3. The third-order valence-electron chi connectivity index (χ3n) is 7.90. The summed E-state index contributed by atoms with van der Waals surface area (Å²) in [6.45, 7) is 13.6. The molecule has 3 aromatic carbocycles. The van der Waals surface area contributed by atoms with Crippen LogP contribution in [0, 0.1) is 0 Å². The summed E-state index contributed by atoms with van der Waals surface area (Å²) >= 11 is 13.8. The van der Waals surface area contributed by atoms with Gasteiger partial charge < -0.3 is 19.1 Å². The highest BCUT2D eigenvalue weighted by molar-refractivity contribution is 7.07. The van der Waals surface area contributed by atoms with Crippen molar-refractivity contribution in [1.29, 1.82) is 0 Å². The lowest BCUT2D eigenvalue weighted by Crippen LogP contribution is -2.40. The minimum absolute atomic E-state index is 0.126. The van der Waals surface area contributed by atoms with Gasteiger partial charge in [-0.25, -0.2) is 9.79 Å². The Morgan fingerprint density at radius 3 is 2.48 bits per heavy atom. The number of carbonyl (C=O) groups excluding carboxylic acids is 1. The number of esters is 1. The molecule has 0 radical (unpaired) electrons. The number of para-hydroxylation sites is 1. The Bertz CT molecular complexity index is 2030. The van der Waals surface area contributed by atoms with Crippen LogP contribution < -0.4 is 29.3 Å². The third-order valence-corrected chi connectivity index (χ3v) is 9.47. The number of thiazole rings is 1. The molecule has 8 nitrogen and oxygen atoms in total. The smallest absolute Gasteiger partial charge is 0.338 e. The largest absolute Gasteiger partial charge is 0.491 e. The summed E-state index contributed by atoms with van der Waals surface area (Å²) in [5.41, 5.74) is 3.64. The van der Waals surface area contributed by atoms with Crippen molar-refractivity contribution in [2.45, 2.75) is 60.3 Å². The van der Waals surface area contributed by atoms with Crippen LogP contribution in [0.5, 0.6) is 11.5 Å². The summed E-state index contributed by atoms with van der Waals surface area (Å²) in [7, 11) is 0. The van der Waals surface area contributed by atoms with Crippen LogP contribution in [0.4, 0.5) is 5.69 Å². The van der Waals surface area contributed by atoms with Crippen molar-refractivity contribution in [1.82, 2.24) is 4.57 Å². The number of aromatic nitrogens is 1. The second-order valence-corrected chi connectivity index (χ2v) is 13.3. The van der Waals surface area contributed by atoms with E-state index in [-0.39, 0.29) is 24.9 Å². The van der Waals surface area contributed by atoms with Gasteiger partial charge in [0, 0.05) is 51.6 Å². The number of anilines is 1. The zero-order valence-corrected chi connectivity index (χ0v) is 30.2. The van der Waals surface area contributed by atoms with E-state index >= 15 is 0 Å². The Morgan fingerprint density at radius 2 is 1.79 bits per heavy atom. The molecule has 1 aromatic heterocycles. The van der Waals surface area contributed by atoms with Crippen molar-refractivity contribution in [3.8, 4) is 11.5 Å². The van der Waals surface area contributed by atoms with Gasteiger partial charge in [-0.2, -0.15) is 0 Å². The number of hydrogen-bond donors (Lipinski definition) is 0. The Balaban J connectivity index is 1.67. The summed E-state index contributed by atoms with van der Waals surface area (Å²) in [5.74, 6) is 0.639. The highest BCUT2D eigenvalue weighted by atomic mass is 35.5. The normalized spacial score (nSPS) is 14.5. The zero-order valence-electron chi connectivity index (χ0n) is 27.9. The molecule has 48 heavy (non-hydrogen) atoms. The number of halogens is 2. The molecule has 1 aliphatic heterocycles. The predicted octanol–water partition coefficient (Wildman–Crippen LogP) is 7.32. The van der Waals surface area contributed by atoms with Crippen LogP contribution in [0.3, 0.4) is 0 Å². The van der Waals surface area contributed by atoms with Gasteiger partial charge in [0.05, 0.1) is 28.5 Å². The molecule has 0 unspecified atom stereocenters. The molecule has 0 bridgehead atoms. The van der Waals surface area contributed by atoms with Crippen molar-refractivity contribution >= 4 is 52.3 Å². The number of fused-ring (bicyclic) bond motifs is 1. The second-order valence-electron chi connectivity index (χ2n) is 11.4. The van der Waals surface area contributed by atoms with E-state index in [1.807, 2.05) is 68.5 Å². The van der Waals surface area contributed by atoms with Gasteiger partial charge in [-0.05, 0) is 78.0 Å². The number of benzene rings is 3. The maximum atomic E-state index is 14.4. The maximum Gasteiger partial charge on any atom is 0.338 e. The Morgan fingerprint density at radius 1 is 1.04 bits per heavy atom. The Hall–Kier alpha value is -4.05. The van der Waals surface area contributed by atoms with E-state index in [1.165, 1.54) is 11.3 Å². The minimum atomic E-state index is -0.801. The number of allylic oxidation sites excluding steroid dienone is 1. The molecule has 0 fully saturated rings. The second kappa shape index (κ2) is 15.4. The molecule has 0 aliphatic carbocycles. The van der Waals surface area contributed by atoms with Crippen molar-refractivity contribution in [3.63, 3.8) is 0 Å². The van der Waals surface area contributed by atoms with Crippen molar-refractivity contribution in [2.24, 2.45) is 4.99 Å². The fourth-order valence-corrected chi connectivity index (χ4v) is 7.14. The minimum Gasteiger partial charge on any atom is -0.491 e. The monoisotopic (exact) mass is 707 g/mol. The summed E-state index contributed by atoms with van der Waals surface area (Å²) in [4.78, 5) is 35.2. The molecular formula is C37H39Cl2N3O5S. The van der Waals surface area contributed by atoms with E-state index in [2.05, 4.69) is 18.7 Å². The zero-order chi connectivity index (χ0) is 34.5. The number of ether oxygens (including phenoxy) is 3. The molecule has 0 spiro atoms. The quantitative estimate of drug-likeness (QED) is 0.144. The molecule has 1 aliphatic rings. The van der Waals surface area contributed by atoms with Crippen molar-refractivity contribution in [2.75, 3.05) is 24.6 Å². The van der Waals surface area contributed by atoms with E-state index < -0.39 is 12.0 Å². The van der Waals surface area contributed by atoms with E-state index in [4.69, 9.17) is 42.4 Å². The van der Waals surface area contributed by atoms with Crippen LogP contribution in [0.1, 0.15) is 64.3 Å². The van der Waals surface area contributed by atoms with Crippen molar-refractivity contribution in [3.05, 3.63) is 118 Å². The van der Waals surface area contributed by atoms with Crippen molar-refractivity contribution < 1.29 is 19.0 Å². The molecule has 0 N–H and O–H groups in total. The van der Waals surface area contributed by atoms with Gasteiger partial charge in [0.2, 0.25) is 0 Å². The first-order valence-electron chi connectivity index (χ1n) is 16.0. The molecule has 1 atom stereocenters. The van der Waals surface area contributed by atoms with E-state index in [9.17, 15) is 9.59 Å². The fraction of sp³-hybridized carbons (Fsp3) is 0.324. The van der Waals surface area contributed by atoms with Crippen LogP contribution >= 0.6 is 34.5 Å². The molecular weight excluding hydrogens is 669 g/mol. The summed E-state index contributed by atoms with van der Waals surface area (Å²) < 4.78 is 20.0. The summed E-state index contributed by atoms with van der Waals surface area (Å²) in [5, 5.41) is 1.05. The SMILES string of the molecule is CCOC(=O)C1=C(C)N=c2s/c(=C\c3ccc(N(CC)CC)cc3OCc3ccc(Cl)cc3Cl)c(=O)n2[C@@H]1c1ccccc1OC(C)C. The van der Waals surface area contributed by atoms with Gasteiger partial charge in [0.15, 0.2) is 4.80 Å². The number of rotatable bonds is 12. The highest BCUT2D eigenvalue weighted by Gasteiger charge is 2.35. The average Bonchev–Trinajstić information content (AvgIpc) is 3.35. The van der Waals surface area contributed by atoms with Gasteiger partial charge in [-0.3, -0.25) is 9.36 Å². The molecule has 0 saturated carbocycles. The van der Waals surface area contributed by atoms with Gasteiger partial charge in [-0.15, -0.1) is 0 Å². The van der Waals surface area contributed by atoms with Gasteiger partial charge in [0.25, 0.3) is 5.56 Å². The average molecular weight is 709 g/mol. The van der Waals surface area contributed by atoms with Gasteiger partial charge >= 0.3 is 5.97 Å². The highest BCUT2D eigenvalue weighted by Crippen LogP contribution is 2.36. The molecule has 4 aromatic rings. The van der Waals surface area contributed by atoms with Crippen LogP contribution in [0.25, 0.3) is 6.08 Å². The van der Waals surface area contributed by atoms with Crippen LogP contribution in [0.15, 0.2) is 81.7 Å². The first-order chi connectivity index (χ1) is 23.1. The lowest BCUT2D eigenvalue weighted by atomic mass is 9.95. The van der Waals surface area contributed by atoms with Crippen LogP contribution in [-0.2, 0) is 16.1 Å². The standard InChI is InChI=1S/C37H39Cl2N3O5S/c1-7-41(8-2)27-17-15-24(31(20-27)46-21-25-14-16-26(38)19-29(25)39)18-32-35(43)42-34(28-12-10-11-13-30(28)47-22(4)5)33(36(44)45-9-3)23(6)40-37(42)48-32/h10-20,22,34H,7-9,21H2,1-6H3/b32-18-/t34-/m1/s1. The Labute approximate surface area is 294 Å². The third kappa shape index (κ3) is 7.48. The van der Waals surface area contributed by atoms with Gasteiger partial charge in [0.1, 0.15) is 24.1 Å². The fourth-order valence-electron chi connectivity index (χ4n) is 5.64. The Kier molecular flexibility index (Phi) is 11.3. The molecule has 252 valence electrons. The molecule has 11 heteroatoms. The number of carbonyl (C=O) groups is 1. The maximum absolute atomic E-state index is 14.4. The van der Waals surface area contributed by atoms with E-state index in [1.54, 1.807) is 30.5 Å². The van der Waals surface area contributed by atoms with Gasteiger partial charge in [-0.1, -0.05) is 58.8 Å². The topological polar surface area (TPSA) is 82.4 Å². The first kappa shape index (κ1) is 35.3. The molecule has 2 heterocycles. The molecule has 0 amide bonds. The van der Waals surface area contributed by atoms with Crippen LogP contribution in [-0.4, -0.2) is 36.3 Å². The lowest BCUT2D eigenvalue weighted by molar-refractivity contribution is -0.139. The summed E-state index contributed by atoms with van der Waals surface area (Å²) in [6.07, 6.45) is 1.68. The molecule has 5 rings (SSSR count). The first-order valence-corrected chi connectivity index (χ1v) is 17.5. The van der Waals surface area contributed by atoms with Crippen LogP contribution in [0.2, 0.25) is 10.0 Å². The predicted molar refractivity (Wildman–Crippen MR) is 193 cm³/mol.